The number of para-hydroxylation sites is 1. The van der Waals surface area contributed by atoms with Crippen LogP contribution in [-0.4, -0.2) is 19.9 Å². The van der Waals surface area contributed by atoms with Crippen LogP contribution in [0.3, 0.4) is 0 Å². The first-order valence-corrected chi connectivity index (χ1v) is 12.1. The SMILES string of the molecule is Cc1ccc(-c2c(CCNS(=O)(=O)c3ccc(Cl)cc3)[nH]c3ccccc3c2=O)c(C)c1. The first kappa shape index (κ1) is 22.3. The van der Waals surface area contributed by atoms with Crippen molar-refractivity contribution in [1.82, 2.24) is 9.71 Å². The predicted octanol–water partition coefficient (Wildman–Crippen LogP) is 4.99. The van der Waals surface area contributed by atoms with Crippen molar-refractivity contribution in [3.05, 3.63) is 98.8 Å². The van der Waals surface area contributed by atoms with Crippen molar-refractivity contribution < 1.29 is 8.42 Å². The maximum Gasteiger partial charge on any atom is 0.240 e. The molecule has 0 atom stereocenters. The molecule has 0 fully saturated rings. The Kier molecular flexibility index (Phi) is 6.20. The molecule has 4 aromatic rings. The number of rotatable bonds is 6. The van der Waals surface area contributed by atoms with Crippen molar-refractivity contribution in [2.75, 3.05) is 6.54 Å². The molecule has 164 valence electrons. The van der Waals surface area contributed by atoms with Gasteiger partial charge in [0.15, 0.2) is 5.43 Å². The molecule has 0 bridgehead atoms. The van der Waals surface area contributed by atoms with E-state index in [1.807, 2.05) is 50.2 Å². The molecular weight excluding hydrogens is 444 g/mol. The van der Waals surface area contributed by atoms with Gasteiger partial charge in [0, 0.05) is 40.1 Å². The average Bonchev–Trinajstić information content (AvgIpc) is 2.75. The second-order valence-electron chi connectivity index (χ2n) is 7.77. The quantitative estimate of drug-likeness (QED) is 0.420. The van der Waals surface area contributed by atoms with E-state index in [-0.39, 0.29) is 16.9 Å². The molecule has 0 unspecified atom stereocenters. The molecule has 0 aliphatic heterocycles. The molecule has 0 saturated heterocycles. The standard InChI is InChI=1S/C25H23ClN2O3S/c1-16-7-12-20(17(2)15-16)24-23(28-22-6-4-3-5-21(22)25(24)29)13-14-27-32(30,31)19-10-8-18(26)9-11-19/h3-12,15,27H,13-14H2,1-2H3,(H,28,29). The minimum Gasteiger partial charge on any atom is -0.358 e. The van der Waals surface area contributed by atoms with Crippen molar-refractivity contribution >= 4 is 32.5 Å². The van der Waals surface area contributed by atoms with Crippen molar-refractivity contribution in [3.8, 4) is 11.1 Å². The van der Waals surface area contributed by atoms with Gasteiger partial charge in [-0.3, -0.25) is 4.79 Å². The Balaban J connectivity index is 1.71. The highest BCUT2D eigenvalue weighted by atomic mass is 35.5. The van der Waals surface area contributed by atoms with E-state index in [1.54, 1.807) is 6.07 Å². The summed E-state index contributed by atoms with van der Waals surface area (Å²) in [6, 6.07) is 19.3. The summed E-state index contributed by atoms with van der Waals surface area (Å²) in [6.07, 6.45) is 0.329. The number of aromatic amines is 1. The minimum atomic E-state index is -3.69. The Morgan fingerprint density at radius 2 is 1.69 bits per heavy atom. The van der Waals surface area contributed by atoms with Crippen molar-refractivity contribution in [2.24, 2.45) is 0 Å². The fraction of sp³-hybridized carbons (Fsp3) is 0.160. The summed E-state index contributed by atoms with van der Waals surface area (Å²) in [5.41, 5.74) is 4.88. The van der Waals surface area contributed by atoms with Gasteiger partial charge in [-0.2, -0.15) is 0 Å². The number of nitrogens with one attached hydrogen (secondary N) is 2. The number of halogens is 1. The van der Waals surface area contributed by atoms with Crippen molar-refractivity contribution in [1.29, 1.82) is 0 Å². The fourth-order valence-corrected chi connectivity index (χ4v) is 5.02. The van der Waals surface area contributed by atoms with Gasteiger partial charge in [-0.05, 0) is 61.4 Å². The Morgan fingerprint density at radius 3 is 2.41 bits per heavy atom. The van der Waals surface area contributed by atoms with Gasteiger partial charge in [-0.1, -0.05) is 47.5 Å². The van der Waals surface area contributed by atoms with E-state index in [2.05, 4.69) is 9.71 Å². The third kappa shape index (κ3) is 4.48. The maximum absolute atomic E-state index is 13.4. The zero-order valence-electron chi connectivity index (χ0n) is 17.8. The predicted molar refractivity (Wildman–Crippen MR) is 130 cm³/mol. The number of aryl methyl sites for hydroxylation is 2. The molecule has 1 heterocycles. The Morgan fingerprint density at radius 1 is 0.969 bits per heavy atom. The van der Waals surface area contributed by atoms with Crippen LogP contribution in [0.25, 0.3) is 22.0 Å². The number of benzene rings is 3. The largest absolute Gasteiger partial charge is 0.358 e. The van der Waals surface area contributed by atoms with Crippen molar-refractivity contribution in [3.63, 3.8) is 0 Å². The van der Waals surface area contributed by atoms with Crippen LogP contribution in [0.1, 0.15) is 16.8 Å². The van der Waals surface area contributed by atoms with Gasteiger partial charge in [-0.25, -0.2) is 13.1 Å². The average molecular weight is 467 g/mol. The fourth-order valence-electron chi connectivity index (χ4n) is 3.86. The highest BCUT2D eigenvalue weighted by Gasteiger charge is 2.18. The normalized spacial score (nSPS) is 11.7. The lowest BCUT2D eigenvalue weighted by Crippen LogP contribution is -2.27. The van der Waals surface area contributed by atoms with Crippen LogP contribution in [0, 0.1) is 13.8 Å². The van der Waals surface area contributed by atoms with Crippen LogP contribution in [0.15, 0.2) is 76.4 Å². The summed E-state index contributed by atoms with van der Waals surface area (Å²) < 4.78 is 27.9. The highest BCUT2D eigenvalue weighted by Crippen LogP contribution is 2.26. The number of hydrogen-bond acceptors (Lipinski definition) is 3. The molecule has 5 nitrogen and oxygen atoms in total. The topological polar surface area (TPSA) is 79.0 Å². The number of hydrogen-bond donors (Lipinski definition) is 2. The van der Waals surface area contributed by atoms with E-state index in [4.69, 9.17) is 11.6 Å². The zero-order valence-corrected chi connectivity index (χ0v) is 19.3. The van der Waals surface area contributed by atoms with Crippen LogP contribution in [-0.2, 0) is 16.4 Å². The van der Waals surface area contributed by atoms with Crippen LogP contribution in [0.4, 0.5) is 0 Å². The van der Waals surface area contributed by atoms with E-state index in [0.717, 1.165) is 22.2 Å². The molecule has 4 rings (SSSR count). The van der Waals surface area contributed by atoms with Gasteiger partial charge in [0.25, 0.3) is 0 Å². The van der Waals surface area contributed by atoms with Crippen LogP contribution in [0.2, 0.25) is 5.02 Å². The van der Waals surface area contributed by atoms with Gasteiger partial charge >= 0.3 is 0 Å². The number of sulfonamides is 1. The maximum atomic E-state index is 13.4. The summed E-state index contributed by atoms with van der Waals surface area (Å²) in [5, 5.41) is 1.07. The first-order valence-electron chi connectivity index (χ1n) is 10.2. The molecule has 7 heteroatoms. The second kappa shape index (κ2) is 8.90. The van der Waals surface area contributed by atoms with Gasteiger partial charge < -0.3 is 4.98 Å². The van der Waals surface area contributed by atoms with E-state index < -0.39 is 10.0 Å². The van der Waals surface area contributed by atoms with Crippen LogP contribution in [0.5, 0.6) is 0 Å². The summed E-state index contributed by atoms with van der Waals surface area (Å²) in [5.74, 6) is 0. The molecule has 0 aliphatic carbocycles. The van der Waals surface area contributed by atoms with Gasteiger partial charge in [0.2, 0.25) is 10.0 Å². The second-order valence-corrected chi connectivity index (χ2v) is 9.98. The zero-order chi connectivity index (χ0) is 22.9. The lowest BCUT2D eigenvalue weighted by Gasteiger charge is -2.15. The molecule has 2 N–H and O–H groups in total. The molecule has 32 heavy (non-hydrogen) atoms. The molecule has 0 aliphatic rings. The summed E-state index contributed by atoms with van der Waals surface area (Å²) in [7, 11) is -3.69. The molecule has 0 spiro atoms. The molecule has 0 radical (unpaired) electrons. The number of H-pyrrole nitrogens is 1. The van der Waals surface area contributed by atoms with Crippen LogP contribution < -0.4 is 10.2 Å². The van der Waals surface area contributed by atoms with E-state index in [9.17, 15) is 13.2 Å². The molecule has 0 saturated carbocycles. The number of pyridine rings is 1. The number of aromatic nitrogens is 1. The van der Waals surface area contributed by atoms with Gasteiger partial charge in [0.05, 0.1) is 4.90 Å². The summed E-state index contributed by atoms with van der Waals surface area (Å²) in [4.78, 5) is 16.9. The Labute approximate surface area is 192 Å². The molecule has 0 amide bonds. The van der Waals surface area contributed by atoms with Crippen LogP contribution >= 0.6 is 11.6 Å². The molecule has 3 aromatic carbocycles. The summed E-state index contributed by atoms with van der Waals surface area (Å²) >= 11 is 5.86. The van der Waals surface area contributed by atoms with E-state index in [1.165, 1.54) is 24.3 Å². The minimum absolute atomic E-state index is 0.0677. The number of fused-ring (bicyclic) bond motifs is 1. The van der Waals surface area contributed by atoms with Crippen molar-refractivity contribution in [2.45, 2.75) is 25.2 Å². The smallest absolute Gasteiger partial charge is 0.240 e. The lowest BCUT2D eigenvalue weighted by atomic mass is 9.94. The first-order chi connectivity index (χ1) is 15.3. The van der Waals surface area contributed by atoms with Gasteiger partial charge in [0.1, 0.15) is 0 Å². The molecule has 1 aromatic heterocycles. The molecular formula is C25H23ClN2O3S. The third-order valence-electron chi connectivity index (χ3n) is 5.43. The summed E-state index contributed by atoms with van der Waals surface area (Å²) in [6.45, 7) is 4.12. The monoisotopic (exact) mass is 466 g/mol. The third-order valence-corrected chi connectivity index (χ3v) is 7.16. The highest BCUT2D eigenvalue weighted by molar-refractivity contribution is 7.89. The lowest BCUT2D eigenvalue weighted by molar-refractivity contribution is 0.581. The Hall–Kier alpha value is -2.93. The Bertz CT molecular complexity index is 1460. The van der Waals surface area contributed by atoms with E-state index in [0.29, 0.717) is 28.1 Å². The van der Waals surface area contributed by atoms with E-state index >= 15 is 0 Å². The van der Waals surface area contributed by atoms with Gasteiger partial charge in [-0.15, -0.1) is 0 Å².